The van der Waals surface area contributed by atoms with E-state index < -0.39 is 16.1 Å². The Balaban J connectivity index is 2.27. The second-order valence-electron chi connectivity index (χ2n) is 4.29. The molecule has 0 saturated heterocycles. The molecule has 0 amide bonds. The molecule has 1 aromatic carbocycles. The van der Waals surface area contributed by atoms with E-state index in [0.717, 1.165) is 0 Å². The van der Waals surface area contributed by atoms with Crippen LogP contribution in [0.4, 0.5) is 0 Å². The smallest absolute Gasteiger partial charge is 0.241 e. The van der Waals surface area contributed by atoms with Crippen LogP contribution < -0.4 is 15.2 Å². The molecule has 0 aliphatic carbocycles. The highest BCUT2D eigenvalue weighted by molar-refractivity contribution is 7.89. The third kappa shape index (κ3) is 3.35. The second kappa shape index (κ2) is 6.16. The van der Waals surface area contributed by atoms with E-state index in [1.807, 2.05) is 0 Å². The first-order valence-corrected chi connectivity index (χ1v) is 7.59. The summed E-state index contributed by atoms with van der Waals surface area (Å²) in [6, 6.07) is 3.88. The Bertz CT molecular complexity index is 701. The van der Waals surface area contributed by atoms with Crippen molar-refractivity contribution >= 4 is 10.0 Å². The summed E-state index contributed by atoms with van der Waals surface area (Å²) < 4.78 is 32.2. The van der Waals surface area contributed by atoms with Gasteiger partial charge in [-0.05, 0) is 25.1 Å². The van der Waals surface area contributed by atoms with Gasteiger partial charge in [-0.25, -0.2) is 13.1 Å². The van der Waals surface area contributed by atoms with Crippen LogP contribution in [-0.2, 0) is 16.6 Å². The molecule has 1 unspecified atom stereocenters. The number of sulfonamides is 1. The zero-order valence-electron chi connectivity index (χ0n) is 11.6. The molecule has 114 valence electrons. The molecule has 10 heteroatoms. The van der Waals surface area contributed by atoms with E-state index in [0.29, 0.717) is 11.3 Å². The maximum atomic E-state index is 12.3. The molecule has 1 aromatic heterocycles. The summed E-state index contributed by atoms with van der Waals surface area (Å²) in [7, 11) is -2.23. The molecule has 0 aliphatic heterocycles. The molecule has 2 aromatic rings. The number of aromatic amines is 1. The molecule has 1 atom stereocenters. The molecule has 0 aliphatic rings. The molecule has 9 nitrogen and oxygen atoms in total. The fraction of sp³-hybridized carbons (Fsp3) is 0.364. The van der Waals surface area contributed by atoms with Crippen molar-refractivity contribution in [3.05, 3.63) is 29.6 Å². The Hall–Kier alpha value is -2.04. The van der Waals surface area contributed by atoms with Crippen molar-refractivity contribution in [2.45, 2.75) is 24.4 Å². The third-order valence-corrected chi connectivity index (χ3v) is 4.40. The number of H-pyrrole nitrogens is 1. The number of rotatable bonds is 6. The van der Waals surface area contributed by atoms with Gasteiger partial charge in [0.05, 0.1) is 18.0 Å². The topological polar surface area (TPSA) is 136 Å². The number of nitrogens with two attached hydrogens (primary N) is 1. The Labute approximate surface area is 121 Å². The quantitative estimate of drug-likeness (QED) is 0.666. The van der Waals surface area contributed by atoms with Crippen LogP contribution in [-0.4, -0.2) is 36.2 Å². The number of tetrazole rings is 1. The van der Waals surface area contributed by atoms with Crippen LogP contribution in [0.25, 0.3) is 0 Å². The van der Waals surface area contributed by atoms with Gasteiger partial charge in [0.25, 0.3) is 0 Å². The number of methoxy groups -OCH3 is 1. The summed E-state index contributed by atoms with van der Waals surface area (Å²) >= 11 is 0. The molecule has 0 saturated carbocycles. The van der Waals surface area contributed by atoms with Crippen LogP contribution in [0, 0.1) is 0 Å². The second-order valence-corrected chi connectivity index (χ2v) is 6.00. The zero-order chi connectivity index (χ0) is 15.5. The summed E-state index contributed by atoms with van der Waals surface area (Å²) in [6.45, 7) is 1.79. The maximum Gasteiger partial charge on any atom is 0.241 e. The van der Waals surface area contributed by atoms with Crippen LogP contribution in [0.3, 0.4) is 0 Å². The van der Waals surface area contributed by atoms with Crippen molar-refractivity contribution < 1.29 is 13.2 Å². The average molecular weight is 312 g/mol. The standard InChI is InChI=1S/C11H16N6O3S/c1-7(11-13-16-17-14-11)15-21(18,19)9-3-4-10(20-2)8(5-9)6-12/h3-5,7,15H,6,12H2,1-2H3,(H,13,14,16,17). The highest BCUT2D eigenvalue weighted by Crippen LogP contribution is 2.22. The van der Waals surface area contributed by atoms with Gasteiger partial charge in [-0.3, -0.25) is 0 Å². The number of ether oxygens (including phenoxy) is 1. The van der Waals surface area contributed by atoms with E-state index in [-0.39, 0.29) is 17.3 Å². The summed E-state index contributed by atoms with van der Waals surface area (Å²) in [5.41, 5.74) is 6.19. The van der Waals surface area contributed by atoms with Crippen LogP contribution in [0.5, 0.6) is 5.75 Å². The predicted molar refractivity (Wildman–Crippen MR) is 73.8 cm³/mol. The Morgan fingerprint density at radius 2 is 2.24 bits per heavy atom. The minimum atomic E-state index is -3.73. The third-order valence-electron chi connectivity index (χ3n) is 2.86. The molecule has 21 heavy (non-hydrogen) atoms. The van der Waals surface area contributed by atoms with E-state index in [9.17, 15) is 8.42 Å². The van der Waals surface area contributed by atoms with Crippen LogP contribution >= 0.6 is 0 Å². The van der Waals surface area contributed by atoms with Gasteiger partial charge in [-0.15, -0.1) is 10.2 Å². The number of nitrogens with one attached hydrogen (secondary N) is 2. The largest absolute Gasteiger partial charge is 0.496 e. The molecule has 0 radical (unpaired) electrons. The van der Waals surface area contributed by atoms with Crippen LogP contribution in [0.2, 0.25) is 0 Å². The zero-order valence-corrected chi connectivity index (χ0v) is 12.4. The lowest BCUT2D eigenvalue weighted by Gasteiger charge is -2.13. The first-order chi connectivity index (χ1) is 9.97. The predicted octanol–water partition coefficient (Wildman–Crippen LogP) is -0.293. The Kier molecular flexibility index (Phi) is 4.50. The van der Waals surface area contributed by atoms with E-state index >= 15 is 0 Å². The molecule has 0 bridgehead atoms. The molecular weight excluding hydrogens is 296 g/mol. The van der Waals surface area contributed by atoms with E-state index in [1.165, 1.54) is 19.2 Å². The fourth-order valence-corrected chi connectivity index (χ4v) is 3.04. The van der Waals surface area contributed by atoms with Crippen molar-refractivity contribution in [2.24, 2.45) is 5.73 Å². The molecule has 2 rings (SSSR count). The highest BCUT2D eigenvalue weighted by Gasteiger charge is 2.21. The van der Waals surface area contributed by atoms with Gasteiger partial charge >= 0.3 is 0 Å². The van der Waals surface area contributed by atoms with Crippen molar-refractivity contribution in [2.75, 3.05) is 7.11 Å². The lowest BCUT2D eigenvalue weighted by molar-refractivity contribution is 0.409. The summed E-state index contributed by atoms with van der Waals surface area (Å²) in [5.74, 6) is 0.800. The lowest BCUT2D eigenvalue weighted by atomic mass is 10.2. The normalized spacial score (nSPS) is 13.1. The average Bonchev–Trinajstić information content (AvgIpc) is 3.00. The number of benzene rings is 1. The fourth-order valence-electron chi connectivity index (χ4n) is 1.79. The van der Waals surface area contributed by atoms with Crippen molar-refractivity contribution in [1.29, 1.82) is 0 Å². The molecule has 1 heterocycles. The van der Waals surface area contributed by atoms with Gasteiger partial charge < -0.3 is 10.5 Å². The van der Waals surface area contributed by atoms with E-state index in [2.05, 4.69) is 25.3 Å². The number of hydrogen-bond donors (Lipinski definition) is 3. The van der Waals surface area contributed by atoms with Gasteiger partial charge in [0, 0.05) is 12.1 Å². The first-order valence-electron chi connectivity index (χ1n) is 6.10. The van der Waals surface area contributed by atoms with Gasteiger partial charge in [-0.1, -0.05) is 5.21 Å². The van der Waals surface area contributed by atoms with Crippen molar-refractivity contribution in [3.8, 4) is 5.75 Å². The van der Waals surface area contributed by atoms with Gasteiger partial charge in [0.1, 0.15) is 5.75 Å². The summed E-state index contributed by atoms with van der Waals surface area (Å²) in [4.78, 5) is 0.0964. The molecule has 0 fully saturated rings. The maximum absolute atomic E-state index is 12.3. The van der Waals surface area contributed by atoms with Crippen LogP contribution in [0.1, 0.15) is 24.4 Å². The first kappa shape index (κ1) is 15.4. The number of hydrogen-bond acceptors (Lipinski definition) is 7. The van der Waals surface area contributed by atoms with Gasteiger partial charge in [-0.2, -0.15) is 5.21 Å². The Morgan fingerprint density at radius 3 is 2.81 bits per heavy atom. The minimum Gasteiger partial charge on any atom is -0.496 e. The van der Waals surface area contributed by atoms with Crippen molar-refractivity contribution in [3.63, 3.8) is 0 Å². The summed E-state index contributed by atoms with van der Waals surface area (Å²) in [5, 5.41) is 13.1. The molecular formula is C11H16N6O3S. The lowest BCUT2D eigenvalue weighted by Crippen LogP contribution is -2.27. The number of aromatic nitrogens is 4. The molecule has 4 N–H and O–H groups in total. The SMILES string of the molecule is COc1ccc(S(=O)(=O)NC(C)c2nn[nH]n2)cc1CN. The van der Waals surface area contributed by atoms with E-state index in [1.54, 1.807) is 13.0 Å². The van der Waals surface area contributed by atoms with Crippen LogP contribution in [0.15, 0.2) is 23.1 Å². The van der Waals surface area contributed by atoms with Gasteiger partial charge in [0.2, 0.25) is 10.0 Å². The minimum absolute atomic E-state index is 0.0964. The number of nitrogens with zero attached hydrogens (tertiary/aromatic N) is 3. The van der Waals surface area contributed by atoms with Crippen molar-refractivity contribution in [1.82, 2.24) is 25.3 Å². The van der Waals surface area contributed by atoms with E-state index in [4.69, 9.17) is 10.5 Å². The Morgan fingerprint density at radius 1 is 1.48 bits per heavy atom. The van der Waals surface area contributed by atoms with Gasteiger partial charge in [0.15, 0.2) is 5.82 Å². The monoisotopic (exact) mass is 312 g/mol. The summed E-state index contributed by atoms with van der Waals surface area (Å²) in [6.07, 6.45) is 0. The molecule has 0 spiro atoms. The highest BCUT2D eigenvalue weighted by atomic mass is 32.2.